The van der Waals surface area contributed by atoms with Gasteiger partial charge in [0.2, 0.25) is 0 Å². The lowest BCUT2D eigenvalue weighted by atomic mass is 9.44. The SMILES string of the molecule is [CH2]c1cc([C@H]2CCC3[C@@H]4CCC5C[C@](C)(O)CC[C@]5(C)C4CCC32C)no1. The van der Waals surface area contributed by atoms with Gasteiger partial charge in [0, 0.05) is 18.9 Å². The highest BCUT2D eigenvalue weighted by molar-refractivity contribution is 5.21. The van der Waals surface area contributed by atoms with Gasteiger partial charge in [-0.3, -0.25) is 0 Å². The summed E-state index contributed by atoms with van der Waals surface area (Å²) in [6, 6.07) is 2.08. The van der Waals surface area contributed by atoms with Gasteiger partial charge in [-0.05, 0) is 99.2 Å². The third-order valence-electron chi connectivity index (χ3n) is 9.89. The first-order valence-corrected chi connectivity index (χ1v) is 11.2. The molecular formula is C24H36NO2. The quantitative estimate of drug-likeness (QED) is 0.686. The first-order valence-electron chi connectivity index (χ1n) is 11.2. The normalized spacial score (nSPS) is 52.1. The molecule has 4 aliphatic carbocycles. The van der Waals surface area contributed by atoms with Crippen molar-refractivity contribution in [1.29, 1.82) is 0 Å². The van der Waals surface area contributed by atoms with Crippen LogP contribution in [0.5, 0.6) is 0 Å². The lowest BCUT2D eigenvalue weighted by molar-refractivity contribution is -0.143. The molecule has 0 bridgehead atoms. The van der Waals surface area contributed by atoms with E-state index in [2.05, 4.69) is 38.9 Å². The Morgan fingerprint density at radius 2 is 1.78 bits per heavy atom. The van der Waals surface area contributed by atoms with Crippen LogP contribution in [0.3, 0.4) is 0 Å². The summed E-state index contributed by atoms with van der Waals surface area (Å²) >= 11 is 0. The van der Waals surface area contributed by atoms with E-state index in [9.17, 15) is 5.11 Å². The molecule has 4 saturated carbocycles. The van der Waals surface area contributed by atoms with Gasteiger partial charge < -0.3 is 9.63 Å². The minimum absolute atomic E-state index is 0.369. The van der Waals surface area contributed by atoms with Crippen LogP contribution in [0.15, 0.2) is 10.6 Å². The first kappa shape index (κ1) is 18.2. The molecule has 0 saturated heterocycles. The average molecular weight is 371 g/mol. The molecule has 3 heteroatoms. The summed E-state index contributed by atoms with van der Waals surface area (Å²) in [4.78, 5) is 0. The summed E-state index contributed by atoms with van der Waals surface area (Å²) in [6.45, 7) is 11.1. The Bertz CT molecular complexity index is 724. The molecule has 149 valence electrons. The standard InChI is InChI=1S/C24H36NO2/c1-15-13-21(25-27-15)20-8-7-18-17-6-5-16-14-22(2,26)11-12-23(16,3)19(17)9-10-24(18,20)4/h13,16-20,26H,1,5-12,14H2,2-4H3/t16?,17-,18?,19?,20+,22+,23-,24?/m0/s1. The summed E-state index contributed by atoms with van der Waals surface area (Å²) in [5.74, 6) is 4.50. The predicted molar refractivity (Wildman–Crippen MR) is 106 cm³/mol. The van der Waals surface area contributed by atoms with Crippen LogP contribution in [0.1, 0.15) is 95.9 Å². The van der Waals surface area contributed by atoms with Crippen LogP contribution >= 0.6 is 0 Å². The van der Waals surface area contributed by atoms with Gasteiger partial charge in [-0.25, -0.2) is 0 Å². The van der Waals surface area contributed by atoms with Crippen LogP contribution in [-0.2, 0) is 0 Å². The van der Waals surface area contributed by atoms with Crippen LogP contribution in [0.25, 0.3) is 0 Å². The molecule has 8 atom stereocenters. The van der Waals surface area contributed by atoms with E-state index in [1.165, 1.54) is 44.9 Å². The zero-order valence-electron chi connectivity index (χ0n) is 17.3. The van der Waals surface area contributed by atoms with Crippen molar-refractivity contribution in [2.24, 2.45) is 34.5 Å². The summed E-state index contributed by atoms with van der Waals surface area (Å²) in [7, 11) is 0. The smallest absolute Gasteiger partial charge is 0.137 e. The predicted octanol–water partition coefficient (Wildman–Crippen LogP) is 5.73. The van der Waals surface area contributed by atoms with Crippen LogP contribution in [0, 0.1) is 41.4 Å². The molecular weight excluding hydrogens is 334 g/mol. The maximum atomic E-state index is 10.7. The molecule has 4 aliphatic rings. The van der Waals surface area contributed by atoms with Crippen molar-refractivity contribution in [1.82, 2.24) is 5.16 Å². The van der Waals surface area contributed by atoms with E-state index in [0.29, 0.717) is 28.4 Å². The molecule has 4 fully saturated rings. The third-order valence-corrected chi connectivity index (χ3v) is 9.89. The molecule has 1 radical (unpaired) electrons. The van der Waals surface area contributed by atoms with Gasteiger partial charge in [-0.1, -0.05) is 19.0 Å². The average Bonchev–Trinajstić information content (AvgIpc) is 3.18. The van der Waals surface area contributed by atoms with Crippen LogP contribution < -0.4 is 0 Å². The monoisotopic (exact) mass is 370 g/mol. The summed E-state index contributed by atoms with van der Waals surface area (Å²) in [5.41, 5.74) is 1.53. The molecule has 0 aliphatic heterocycles. The number of nitrogens with zero attached hydrogens (tertiary/aromatic N) is 1. The van der Waals surface area contributed by atoms with Gasteiger partial charge in [0.05, 0.1) is 11.3 Å². The lowest BCUT2D eigenvalue weighted by Crippen LogP contribution is -2.55. The van der Waals surface area contributed by atoms with Gasteiger partial charge in [0.25, 0.3) is 0 Å². The number of aromatic nitrogens is 1. The Labute approximate surface area is 164 Å². The Morgan fingerprint density at radius 3 is 2.52 bits per heavy atom. The Kier molecular flexibility index (Phi) is 3.94. The second-order valence-electron chi connectivity index (χ2n) is 11.3. The van der Waals surface area contributed by atoms with Crippen molar-refractivity contribution >= 4 is 0 Å². The summed E-state index contributed by atoms with van der Waals surface area (Å²) in [6.07, 6.45) is 11.2. The third kappa shape index (κ3) is 2.59. The second-order valence-corrected chi connectivity index (χ2v) is 11.3. The van der Waals surface area contributed by atoms with E-state index in [1.807, 2.05) is 0 Å². The number of hydrogen-bond acceptors (Lipinski definition) is 3. The van der Waals surface area contributed by atoms with E-state index < -0.39 is 5.60 Å². The van der Waals surface area contributed by atoms with Gasteiger partial charge >= 0.3 is 0 Å². The van der Waals surface area contributed by atoms with Crippen molar-refractivity contribution in [3.05, 3.63) is 24.4 Å². The molecule has 27 heavy (non-hydrogen) atoms. The molecule has 5 rings (SSSR count). The number of fused-ring (bicyclic) bond motifs is 5. The molecule has 0 aromatic carbocycles. The lowest BCUT2D eigenvalue weighted by Gasteiger charge is -2.61. The van der Waals surface area contributed by atoms with E-state index in [-0.39, 0.29) is 0 Å². The minimum atomic E-state index is -0.433. The van der Waals surface area contributed by atoms with E-state index >= 15 is 0 Å². The Hall–Kier alpha value is -0.830. The fraction of sp³-hybridized carbons (Fsp3) is 0.833. The minimum Gasteiger partial charge on any atom is -0.390 e. The van der Waals surface area contributed by atoms with Crippen LogP contribution in [0.2, 0.25) is 0 Å². The van der Waals surface area contributed by atoms with Crippen molar-refractivity contribution in [2.75, 3.05) is 0 Å². The van der Waals surface area contributed by atoms with Gasteiger partial charge in [-0.15, -0.1) is 0 Å². The Balaban J connectivity index is 1.42. The van der Waals surface area contributed by atoms with Gasteiger partial charge in [0.15, 0.2) is 0 Å². The van der Waals surface area contributed by atoms with Gasteiger partial charge in [0.1, 0.15) is 5.76 Å². The number of hydrogen-bond donors (Lipinski definition) is 1. The summed E-state index contributed by atoms with van der Waals surface area (Å²) in [5, 5.41) is 15.0. The fourth-order valence-corrected chi connectivity index (χ4v) is 8.41. The van der Waals surface area contributed by atoms with Crippen LogP contribution in [-0.4, -0.2) is 15.9 Å². The molecule has 1 aromatic heterocycles. The second kappa shape index (κ2) is 5.84. The van der Waals surface area contributed by atoms with E-state index in [1.54, 1.807) is 0 Å². The van der Waals surface area contributed by atoms with E-state index in [0.717, 1.165) is 36.3 Å². The Morgan fingerprint density at radius 1 is 1.00 bits per heavy atom. The maximum Gasteiger partial charge on any atom is 0.137 e. The zero-order chi connectivity index (χ0) is 19.0. The topological polar surface area (TPSA) is 46.3 Å². The van der Waals surface area contributed by atoms with Crippen LogP contribution in [0.4, 0.5) is 0 Å². The summed E-state index contributed by atoms with van der Waals surface area (Å²) < 4.78 is 5.33. The molecule has 0 spiro atoms. The molecule has 1 heterocycles. The highest BCUT2D eigenvalue weighted by Gasteiger charge is 2.61. The zero-order valence-corrected chi connectivity index (χ0v) is 17.3. The highest BCUT2D eigenvalue weighted by atomic mass is 16.5. The maximum absolute atomic E-state index is 10.7. The number of aliphatic hydroxyl groups is 1. The fourth-order valence-electron chi connectivity index (χ4n) is 8.41. The molecule has 1 N–H and O–H groups in total. The molecule has 1 aromatic rings. The number of rotatable bonds is 1. The van der Waals surface area contributed by atoms with E-state index in [4.69, 9.17) is 4.52 Å². The van der Waals surface area contributed by atoms with Crippen molar-refractivity contribution in [3.8, 4) is 0 Å². The largest absolute Gasteiger partial charge is 0.390 e. The van der Waals surface area contributed by atoms with Crippen molar-refractivity contribution < 1.29 is 9.63 Å². The molecule has 3 nitrogen and oxygen atoms in total. The van der Waals surface area contributed by atoms with Crippen molar-refractivity contribution in [2.45, 2.75) is 90.1 Å². The highest BCUT2D eigenvalue weighted by Crippen LogP contribution is 2.69. The van der Waals surface area contributed by atoms with Gasteiger partial charge in [-0.2, -0.15) is 0 Å². The first-order chi connectivity index (χ1) is 12.7. The van der Waals surface area contributed by atoms with Crippen molar-refractivity contribution in [3.63, 3.8) is 0 Å². The molecule has 0 amide bonds. The molecule has 4 unspecified atom stereocenters.